The van der Waals surface area contributed by atoms with Gasteiger partial charge < -0.3 is 35.1 Å². The van der Waals surface area contributed by atoms with Gasteiger partial charge in [-0.1, -0.05) is 30.3 Å². The highest BCUT2D eigenvalue weighted by Gasteiger charge is 2.56. The summed E-state index contributed by atoms with van der Waals surface area (Å²) >= 11 is 5.27. The average molecular weight is 368 g/mol. The fourth-order valence-electron chi connectivity index (χ4n) is 3.08. The van der Waals surface area contributed by atoms with Crippen LogP contribution in [0, 0.1) is 0 Å². The van der Waals surface area contributed by atoms with Crippen LogP contribution in [-0.2, 0) is 20.8 Å². The van der Waals surface area contributed by atoms with Crippen molar-refractivity contribution in [3.05, 3.63) is 35.9 Å². The molecule has 2 aliphatic rings. The number of nitrogens with one attached hydrogen (secondary N) is 2. The molecule has 2 heterocycles. The monoisotopic (exact) mass is 368 g/mol. The second-order valence-corrected chi connectivity index (χ2v) is 7.07. The Morgan fingerprint density at radius 2 is 2.00 bits per heavy atom. The second kappa shape index (κ2) is 7.53. The van der Waals surface area contributed by atoms with Crippen molar-refractivity contribution in [1.82, 2.24) is 10.6 Å². The molecule has 0 aromatic heterocycles. The molecule has 138 valence electrons. The standard InChI is InChI=1S/C17H24N2O5S/c1-17(2)23-14-12(21)13(22-15(14)24-17)11(9-20)19-16(25)18-8-10-6-4-3-5-7-10/h3-7,11-15,20-21H,8-9H2,1-2H3,(H2,18,19,25)/t11-,12-,13+,14+,15+/m0/s1. The van der Waals surface area contributed by atoms with Gasteiger partial charge in [-0.2, -0.15) is 0 Å². The predicted octanol–water partition coefficient (Wildman–Crippen LogP) is 0.249. The number of aliphatic hydroxyl groups excluding tert-OH is 2. The van der Waals surface area contributed by atoms with Gasteiger partial charge in [0.2, 0.25) is 0 Å². The van der Waals surface area contributed by atoms with Gasteiger partial charge in [0.1, 0.15) is 18.3 Å². The zero-order valence-electron chi connectivity index (χ0n) is 14.2. The number of thiocarbonyl (C=S) groups is 1. The molecule has 0 bridgehead atoms. The van der Waals surface area contributed by atoms with Crippen LogP contribution >= 0.6 is 12.2 Å². The lowest BCUT2D eigenvalue weighted by molar-refractivity contribution is -0.218. The Morgan fingerprint density at radius 3 is 2.64 bits per heavy atom. The summed E-state index contributed by atoms with van der Waals surface area (Å²) in [7, 11) is 0. The molecular formula is C17H24N2O5S. The van der Waals surface area contributed by atoms with Crippen LogP contribution in [0.4, 0.5) is 0 Å². The Morgan fingerprint density at radius 1 is 1.28 bits per heavy atom. The summed E-state index contributed by atoms with van der Waals surface area (Å²) in [6.45, 7) is 3.84. The minimum absolute atomic E-state index is 0.252. The average Bonchev–Trinajstić information content (AvgIpc) is 3.05. The van der Waals surface area contributed by atoms with E-state index in [-0.39, 0.29) is 6.61 Å². The van der Waals surface area contributed by atoms with Gasteiger partial charge in [0.15, 0.2) is 17.2 Å². The first-order valence-electron chi connectivity index (χ1n) is 8.28. The van der Waals surface area contributed by atoms with Crippen molar-refractivity contribution in [3.63, 3.8) is 0 Å². The minimum atomic E-state index is -0.923. The van der Waals surface area contributed by atoms with E-state index in [4.69, 9.17) is 26.4 Å². The number of benzene rings is 1. The van der Waals surface area contributed by atoms with Crippen LogP contribution in [-0.4, -0.2) is 58.4 Å². The van der Waals surface area contributed by atoms with E-state index in [0.717, 1.165) is 5.56 Å². The molecule has 2 fully saturated rings. The van der Waals surface area contributed by atoms with E-state index in [1.807, 2.05) is 30.3 Å². The Balaban J connectivity index is 1.53. The molecule has 0 saturated carbocycles. The Labute approximate surface area is 152 Å². The molecule has 5 atom stereocenters. The molecular weight excluding hydrogens is 344 g/mol. The largest absolute Gasteiger partial charge is 0.394 e. The third-order valence-electron chi connectivity index (χ3n) is 4.26. The molecule has 1 aromatic rings. The zero-order valence-corrected chi connectivity index (χ0v) is 15.0. The lowest BCUT2D eigenvalue weighted by Gasteiger charge is -2.29. The maximum Gasteiger partial charge on any atom is 0.190 e. The summed E-state index contributed by atoms with van der Waals surface area (Å²) in [6, 6.07) is 9.25. The highest BCUT2D eigenvalue weighted by atomic mass is 32.1. The molecule has 0 aliphatic carbocycles. The number of aliphatic hydroxyl groups is 2. The number of ether oxygens (including phenoxy) is 3. The van der Waals surface area contributed by atoms with Gasteiger partial charge in [-0.05, 0) is 31.6 Å². The number of fused-ring (bicyclic) bond motifs is 1. The number of hydrogen-bond acceptors (Lipinski definition) is 6. The molecule has 2 saturated heterocycles. The van der Waals surface area contributed by atoms with Crippen LogP contribution in [0.2, 0.25) is 0 Å². The number of hydrogen-bond donors (Lipinski definition) is 4. The molecule has 7 nitrogen and oxygen atoms in total. The van der Waals surface area contributed by atoms with E-state index < -0.39 is 36.4 Å². The summed E-state index contributed by atoms with van der Waals surface area (Å²) in [4.78, 5) is 0. The normalized spacial score (nSPS) is 31.4. The lowest BCUT2D eigenvalue weighted by atomic mass is 10.0. The zero-order chi connectivity index (χ0) is 18.0. The molecule has 0 radical (unpaired) electrons. The van der Waals surface area contributed by atoms with Crippen molar-refractivity contribution in [2.24, 2.45) is 0 Å². The fraction of sp³-hybridized carbons (Fsp3) is 0.588. The summed E-state index contributed by atoms with van der Waals surface area (Å²) in [5, 5.41) is 26.6. The topological polar surface area (TPSA) is 92.2 Å². The van der Waals surface area contributed by atoms with Crippen molar-refractivity contribution < 1.29 is 24.4 Å². The van der Waals surface area contributed by atoms with Crippen LogP contribution in [0.15, 0.2) is 30.3 Å². The summed E-state index contributed by atoms with van der Waals surface area (Å²) in [5.74, 6) is -0.796. The van der Waals surface area contributed by atoms with Crippen molar-refractivity contribution in [1.29, 1.82) is 0 Å². The van der Waals surface area contributed by atoms with Crippen LogP contribution in [0.1, 0.15) is 19.4 Å². The van der Waals surface area contributed by atoms with E-state index in [1.165, 1.54) is 0 Å². The molecule has 3 rings (SSSR count). The van der Waals surface area contributed by atoms with Crippen LogP contribution in [0.25, 0.3) is 0 Å². The van der Waals surface area contributed by atoms with Crippen LogP contribution < -0.4 is 10.6 Å². The summed E-state index contributed by atoms with van der Waals surface area (Å²) in [5.41, 5.74) is 1.09. The Kier molecular flexibility index (Phi) is 5.57. The first-order chi connectivity index (χ1) is 11.9. The van der Waals surface area contributed by atoms with Crippen molar-refractivity contribution in [2.75, 3.05) is 6.61 Å². The Bertz CT molecular complexity index is 600. The first-order valence-corrected chi connectivity index (χ1v) is 8.69. The van der Waals surface area contributed by atoms with E-state index in [1.54, 1.807) is 13.8 Å². The van der Waals surface area contributed by atoms with Crippen LogP contribution in [0.5, 0.6) is 0 Å². The van der Waals surface area contributed by atoms with Crippen molar-refractivity contribution in [3.8, 4) is 0 Å². The molecule has 1 aromatic carbocycles. The smallest absolute Gasteiger partial charge is 0.190 e. The van der Waals surface area contributed by atoms with E-state index >= 15 is 0 Å². The van der Waals surface area contributed by atoms with Gasteiger partial charge in [0.05, 0.1) is 12.6 Å². The van der Waals surface area contributed by atoms with Crippen molar-refractivity contribution >= 4 is 17.3 Å². The third kappa shape index (κ3) is 4.28. The summed E-state index contributed by atoms with van der Waals surface area (Å²) < 4.78 is 17.0. The van der Waals surface area contributed by atoms with Gasteiger partial charge in [-0.3, -0.25) is 0 Å². The first kappa shape index (κ1) is 18.5. The fourth-order valence-corrected chi connectivity index (χ4v) is 3.30. The van der Waals surface area contributed by atoms with Crippen LogP contribution in [0.3, 0.4) is 0 Å². The minimum Gasteiger partial charge on any atom is -0.394 e. The van der Waals surface area contributed by atoms with E-state index in [9.17, 15) is 10.2 Å². The van der Waals surface area contributed by atoms with E-state index in [2.05, 4.69) is 10.6 Å². The van der Waals surface area contributed by atoms with Gasteiger partial charge >= 0.3 is 0 Å². The molecule has 25 heavy (non-hydrogen) atoms. The maximum absolute atomic E-state index is 10.5. The molecule has 8 heteroatoms. The highest BCUT2D eigenvalue weighted by molar-refractivity contribution is 7.80. The molecule has 0 amide bonds. The number of rotatable bonds is 5. The van der Waals surface area contributed by atoms with Gasteiger partial charge in [-0.25, -0.2) is 0 Å². The molecule has 0 unspecified atom stereocenters. The van der Waals surface area contributed by atoms with E-state index in [0.29, 0.717) is 11.7 Å². The molecule has 4 N–H and O–H groups in total. The second-order valence-electron chi connectivity index (χ2n) is 6.66. The van der Waals surface area contributed by atoms with Gasteiger partial charge in [-0.15, -0.1) is 0 Å². The maximum atomic E-state index is 10.5. The van der Waals surface area contributed by atoms with Crippen molar-refractivity contribution in [2.45, 2.75) is 56.8 Å². The highest BCUT2D eigenvalue weighted by Crippen LogP contribution is 2.38. The molecule has 0 spiro atoms. The molecule has 2 aliphatic heterocycles. The Hall–Kier alpha value is -1.29. The lowest BCUT2D eigenvalue weighted by Crippen LogP contribution is -2.53. The predicted molar refractivity (Wildman–Crippen MR) is 94.6 cm³/mol. The summed E-state index contributed by atoms with van der Waals surface area (Å²) in [6.07, 6.45) is -2.85. The quantitative estimate of drug-likeness (QED) is 0.550. The van der Waals surface area contributed by atoms with Gasteiger partial charge in [0, 0.05) is 6.54 Å². The van der Waals surface area contributed by atoms with Gasteiger partial charge in [0.25, 0.3) is 0 Å². The SMILES string of the molecule is CC1(C)O[C@H]2O[C@H]([C@H](CO)NC(=S)NCc3ccccc3)[C@H](O)[C@H]2O1. The third-order valence-corrected chi connectivity index (χ3v) is 4.52.